The number of aryl methyl sites for hydroxylation is 2. The Morgan fingerprint density at radius 2 is 1.59 bits per heavy atom. The molecule has 0 aliphatic rings. The minimum atomic E-state index is -0.652. The number of nitrogens with zero attached hydrogens (tertiary/aromatic N) is 3. The number of ether oxygens (including phenoxy) is 1. The van der Waals surface area contributed by atoms with Gasteiger partial charge in [0.25, 0.3) is 5.89 Å². The van der Waals surface area contributed by atoms with Gasteiger partial charge in [-0.2, -0.15) is 0 Å². The van der Waals surface area contributed by atoms with Gasteiger partial charge >= 0.3 is 5.97 Å². The van der Waals surface area contributed by atoms with Crippen LogP contribution in [0.15, 0.2) is 71.1 Å². The Morgan fingerprint density at radius 1 is 0.931 bits per heavy atom. The predicted octanol–water partition coefficient (Wildman–Crippen LogP) is 5.06. The van der Waals surface area contributed by atoms with Gasteiger partial charge in [0.15, 0.2) is 6.10 Å². The van der Waals surface area contributed by atoms with Gasteiger partial charge in [0.2, 0.25) is 5.89 Å². The molecule has 146 valence electrons. The molecule has 4 aromatic rings. The fraction of sp³-hybridized carbons (Fsp3) is 0.174. The van der Waals surface area contributed by atoms with E-state index in [1.165, 1.54) is 0 Å². The molecule has 0 aliphatic heterocycles. The highest BCUT2D eigenvalue weighted by atomic mass is 16.6. The highest BCUT2D eigenvalue weighted by Crippen LogP contribution is 2.23. The van der Waals surface area contributed by atoms with Crippen molar-refractivity contribution in [3.8, 4) is 17.1 Å². The van der Waals surface area contributed by atoms with Gasteiger partial charge in [-0.25, -0.2) is 4.79 Å². The molecule has 2 aromatic heterocycles. The van der Waals surface area contributed by atoms with Gasteiger partial charge in [-0.1, -0.05) is 18.2 Å². The Balaban J connectivity index is 1.46. The van der Waals surface area contributed by atoms with Crippen LogP contribution < -0.4 is 0 Å². The van der Waals surface area contributed by atoms with Crippen LogP contribution in [0.1, 0.15) is 40.7 Å². The highest BCUT2D eigenvalue weighted by molar-refractivity contribution is 5.89. The summed E-state index contributed by atoms with van der Waals surface area (Å²) in [5.74, 6) is 0.210. The second-order valence-corrected chi connectivity index (χ2v) is 6.86. The smallest absolute Gasteiger partial charge is 0.338 e. The number of benzene rings is 2. The fourth-order valence-electron chi connectivity index (χ4n) is 3.20. The number of carbonyl (C=O) groups is 1. The molecule has 1 unspecified atom stereocenters. The molecular weight excluding hydrogens is 366 g/mol. The van der Waals surface area contributed by atoms with E-state index in [0.717, 1.165) is 22.6 Å². The Hall–Kier alpha value is -3.67. The molecule has 2 heterocycles. The molecule has 6 heteroatoms. The molecule has 0 N–H and O–H groups in total. The van der Waals surface area contributed by atoms with E-state index in [1.807, 2.05) is 56.3 Å². The summed E-state index contributed by atoms with van der Waals surface area (Å²) in [6, 6.07) is 20.9. The molecule has 1 atom stereocenters. The molecule has 2 aromatic carbocycles. The van der Waals surface area contributed by atoms with Gasteiger partial charge in [-0.15, -0.1) is 10.2 Å². The first kappa shape index (κ1) is 18.7. The molecule has 4 rings (SSSR count). The lowest BCUT2D eigenvalue weighted by Gasteiger charge is -2.12. The second-order valence-electron chi connectivity index (χ2n) is 6.86. The monoisotopic (exact) mass is 387 g/mol. The minimum absolute atomic E-state index is 0.257. The molecule has 0 bridgehead atoms. The van der Waals surface area contributed by atoms with Crippen LogP contribution in [0.25, 0.3) is 17.1 Å². The third kappa shape index (κ3) is 3.82. The number of esters is 1. The number of rotatable bonds is 5. The van der Waals surface area contributed by atoms with Gasteiger partial charge in [-0.3, -0.25) is 0 Å². The Bertz CT molecular complexity index is 1110. The number of hydrogen-bond donors (Lipinski definition) is 0. The maximum Gasteiger partial charge on any atom is 0.338 e. The topological polar surface area (TPSA) is 70.2 Å². The van der Waals surface area contributed by atoms with E-state index >= 15 is 0 Å². The standard InChI is InChI=1S/C23H21N3O3/c1-15-9-10-16(2)26(15)20-13-11-19(12-14-20)23(27)28-17(3)21-24-25-22(29-21)18-7-5-4-6-8-18/h4-14,17H,1-3H3. The third-order valence-electron chi connectivity index (χ3n) is 4.73. The Morgan fingerprint density at radius 3 is 2.24 bits per heavy atom. The fourth-order valence-corrected chi connectivity index (χ4v) is 3.20. The summed E-state index contributed by atoms with van der Waals surface area (Å²) in [5.41, 5.74) is 4.55. The lowest BCUT2D eigenvalue weighted by Crippen LogP contribution is -2.10. The van der Waals surface area contributed by atoms with Gasteiger partial charge in [0.05, 0.1) is 5.56 Å². The zero-order valence-electron chi connectivity index (χ0n) is 16.5. The molecule has 6 nitrogen and oxygen atoms in total. The molecular formula is C23H21N3O3. The van der Waals surface area contributed by atoms with Gasteiger partial charge in [0, 0.05) is 22.6 Å². The largest absolute Gasteiger partial charge is 0.449 e. The molecule has 29 heavy (non-hydrogen) atoms. The SMILES string of the molecule is Cc1ccc(C)n1-c1ccc(C(=O)OC(C)c2nnc(-c3ccccc3)o2)cc1. The second kappa shape index (κ2) is 7.75. The molecule has 0 aliphatic carbocycles. The number of aromatic nitrogens is 3. The summed E-state index contributed by atoms with van der Waals surface area (Å²) in [7, 11) is 0. The van der Waals surface area contributed by atoms with Crippen molar-refractivity contribution < 1.29 is 13.9 Å². The molecule has 0 saturated heterocycles. The van der Waals surface area contributed by atoms with Crippen LogP contribution in [0.5, 0.6) is 0 Å². The first-order valence-electron chi connectivity index (χ1n) is 9.38. The van der Waals surface area contributed by atoms with Gasteiger partial charge in [0.1, 0.15) is 0 Å². The average molecular weight is 387 g/mol. The van der Waals surface area contributed by atoms with Crippen molar-refractivity contribution in [1.82, 2.24) is 14.8 Å². The first-order chi connectivity index (χ1) is 14.0. The van der Waals surface area contributed by atoms with Crippen molar-refractivity contribution in [2.24, 2.45) is 0 Å². The van der Waals surface area contributed by atoms with Crippen LogP contribution in [0.2, 0.25) is 0 Å². The van der Waals surface area contributed by atoms with Crippen LogP contribution in [0.4, 0.5) is 0 Å². The van der Waals surface area contributed by atoms with E-state index in [-0.39, 0.29) is 5.89 Å². The normalized spacial score (nSPS) is 12.0. The van der Waals surface area contributed by atoms with Crippen LogP contribution in [-0.2, 0) is 4.74 Å². The van der Waals surface area contributed by atoms with Crippen LogP contribution in [-0.4, -0.2) is 20.7 Å². The maximum atomic E-state index is 12.5. The van der Waals surface area contributed by atoms with Crippen LogP contribution in [0, 0.1) is 13.8 Å². The molecule has 0 spiro atoms. The van der Waals surface area contributed by atoms with Crippen molar-refractivity contribution in [1.29, 1.82) is 0 Å². The molecule has 0 saturated carbocycles. The van der Waals surface area contributed by atoms with Crippen molar-refractivity contribution in [3.05, 3.63) is 89.6 Å². The number of carbonyl (C=O) groups excluding carboxylic acids is 1. The van der Waals surface area contributed by atoms with Gasteiger partial charge in [-0.05, 0) is 69.3 Å². The van der Waals surface area contributed by atoms with Crippen LogP contribution >= 0.6 is 0 Å². The summed E-state index contributed by atoms with van der Waals surface area (Å²) in [5, 5.41) is 8.04. The molecule has 0 radical (unpaired) electrons. The molecule has 0 fully saturated rings. The van der Waals surface area contributed by atoms with E-state index < -0.39 is 12.1 Å². The predicted molar refractivity (Wildman–Crippen MR) is 109 cm³/mol. The van der Waals surface area contributed by atoms with Crippen molar-refractivity contribution in [2.75, 3.05) is 0 Å². The quantitative estimate of drug-likeness (QED) is 0.448. The summed E-state index contributed by atoms with van der Waals surface area (Å²) in [4.78, 5) is 12.5. The zero-order valence-corrected chi connectivity index (χ0v) is 16.5. The van der Waals surface area contributed by atoms with Gasteiger partial charge < -0.3 is 13.7 Å². The summed E-state index contributed by atoms with van der Waals surface area (Å²) < 4.78 is 13.3. The summed E-state index contributed by atoms with van der Waals surface area (Å²) >= 11 is 0. The maximum absolute atomic E-state index is 12.5. The van der Waals surface area contributed by atoms with Crippen molar-refractivity contribution in [3.63, 3.8) is 0 Å². The lowest BCUT2D eigenvalue weighted by atomic mass is 10.2. The van der Waals surface area contributed by atoms with E-state index in [2.05, 4.69) is 26.9 Å². The Kier molecular flexibility index (Phi) is 4.99. The molecule has 0 amide bonds. The summed E-state index contributed by atoms with van der Waals surface area (Å²) in [6.45, 7) is 5.80. The summed E-state index contributed by atoms with van der Waals surface area (Å²) in [6.07, 6.45) is -0.652. The highest BCUT2D eigenvalue weighted by Gasteiger charge is 2.20. The van der Waals surface area contributed by atoms with Crippen LogP contribution in [0.3, 0.4) is 0 Å². The minimum Gasteiger partial charge on any atom is -0.449 e. The Labute approximate surface area is 168 Å². The third-order valence-corrected chi connectivity index (χ3v) is 4.73. The zero-order chi connectivity index (χ0) is 20.4. The van der Waals surface area contributed by atoms with Crippen molar-refractivity contribution in [2.45, 2.75) is 26.9 Å². The van der Waals surface area contributed by atoms with E-state index in [9.17, 15) is 4.79 Å². The van der Waals surface area contributed by atoms with Crippen molar-refractivity contribution >= 4 is 5.97 Å². The van der Waals surface area contributed by atoms with E-state index in [4.69, 9.17) is 9.15 Å². The van der Waals surface area contributed by atoms with E-state index in [1.54, 1.807) is 19.1 Å². The first-order valence-corrected chi connectivity index (χ1v) is 9.38. The lowest BCUT2D eigenvalue weighted by molar-refractivity contribution is 0.0280. The number of hydrogen-bond acceptors (Lipinski definition) is 5. The van der Waals surface area contributed by atoms with E-state index in [0.29, 0.717) is 11.5 Å². The average Bonchev–Trinajstić information content (AvgIpc) is 3.36.